The van der Waals surface area contributed by atoms with Crippen LogP contribution in [0.3, 0.4) is 0 Å². The van der Waals surface area contributed by atoms with Crippen LogP contribution in [-0.4, -0.2) is 57.7 Å². The molecule has 1 aliphatic heterocycles. The van der Waals surface area contributed by atoms with E-state index >= 15 is 0 Å². The van der Waals surface area contributed by atoms with Crippen LogP contribution in [0.5, 0.6) is 5.75 Å². The van der Waals surface area contributed by atoms with Gasteiger partial charge in [0, 0.05) is 38.3 Å². The number of piperidine rings is 1. The molecule has 1 saturated heterocycles. The summed E-state index contributed by atoms with van der Waals surface area (Å²) < 4.78 is 5.92. The summed E-state index contributed by atoms with van der Waals surface area (Å²) >= 11 is 0. The van der Waals surface area contributed by atoms with Crippen LogP contribution in [0.25, 0.3) is 0 Å². The molecule has 1 unspecified atom stereocenters. The number of rotatable bonds is 7. The summed E-state index contributed by atoms with van der Waals surface area (Å²) in [5.74, 6) is 1.42. The Morgan fingerprint density at radius 1 is 1.33 bits per heavy atom. The van der Waals surface area contributed by atoms with E-state index in [0.29, 0.717) is 24.5 Å². The van der Waals surface area contributed by atoms with Crippen LogP contribution in [0.1, 0.15) is 36.5 Å². The van der Waals surface area contributed by atoms with Gasteiger partial charge in [-0.15, -0.1) is 0 Å². The highest BCUT2D eigenvalue weighted by atomic mass is 16.5. The summed E-state index contributed by atoms with van der Waals surface area (Å²) in [6.45, 7) is 3.36. The average Bonchev–Trinajstić information content (AvgIpc) is 2.73. The van der Waals surface area contributed by atoms with Crippen molar-refractivity contribution < 1.29 is 14.6 Å². The highest BCUT2D eigenvalue weighted by Crippen LogP contribution is 2.19. The normalized spacial score (nSPS) is 16.0. The van der Waals surface area contributed by atoms with Crippen LogP contribution in [0.4, 0.5) is 5.82 Å². The molecule has 7 nitrogen and oxygen atoms in total. The number of aromatic nitrogens is 2. The standard InChI is InChI=1S/C20H26N4O3/c1-2-16(14-25)23-19-6-5-15(12-22-19)20(26)24-10-7-17(8-11-24)27-18-4-3-9-21-13-18/h3-6,9,12-13,16-17,25H,2,7-8,10-11,14H2,1H3,(H,22,23). The molecule has 1 aliphatic rings. The number of nitrogens with one attached hydrogen (secondary N) is 1. The average molecular weight is 370 g/mol. The molecule has 27 heavy (non-hydrogen) atoms. The number of likely N-dealkylation sites (tertiary alicyclic amines) is 1. The number of hydrogen-bond acceptors (Lipinski definition) is 6. The van der Waals surface area contributed by atoms with Gasteiger partial charge < -0.3 is 20.1 Å². The van der Waals surface area contributed by atoms with E-state index in [9.17, 15) is 9.90 Å². The van der Waals surface area contributed by atoms with Crippen molar-refractivity contribution >= 4 is 11.7 Å². The quantitative estimate of drug-likeness (QED) is 0.778. The number of aliphatic hydroxyl groups is 1. The fourth-order valence-electron chi connectivity index (χ4n) is 3.06. The van der Waals surface area contributed by atoms with Gasteiger partial charge in [-0.25, -0.2) is 4.98 Å². The maximum Gasteiger partial charge on any atom is 0.255 e. The summed E-state index contributed by atoms with van der Waals surface area (Å²) in [5.41, 5.74) is 0.573. The van der Waals surface area contributed by atoms with Crippen LogP contribution in [0.2, 0.25) is 0 Å². The Bertz CT molecular complexity index is 712. The fourth-order valence-corrected chi connectivity index (χ4v) is 3.06. The molecule has 0 radical (unpaired) electrons. The second-order valence-electron chi connectivity index (χ2n) is 6.66. The number of ether oxygens (including phenoxy) is 1. The van der Waals surface area contributed by atoms with E-state index in [4.69, 9.17) is 4.74 Å². The largest absolute Gasteiger partial charge is 0.489 e. The molecule has 2 N–H and O–H groups in total. The van der Waals surface area contributed by atoms with Crippen LogP contribution >= 0.6 is 0 Å². The van der Waals surface area contributed by atoms with Crippen molar-refractivity contribution in [2.45, 2.75) is 38.3 Å². The number of amides is 1. The van der Waals surface area contributed by atoms with E-state index in [0.717, 1.165) is 25.0 Å². The van der Waals surface area contributed by atoms with Crippen molar-refractivity contribution in [3.8, 4) is 5.75 Å². The number of nitrogens with zero attached hydrogens (tertiary/aromatic N) is 3. The third kappa shape index (κ3) is 5.17. The number of pyridine rings is 2. The maximum absolute atomic E-state index is 12.7. The van der Waals surface area contributed by atoms with Crippen LogP contribution in [0, 0.1) is 0 Å². The van der Waals surface area contributed by atoms with Crippen LogP contribution in [0.15, 0.2) is 42.9 Å². The fraction of sp³-hybridized carbons (Fsp3) is 0.450. The Hall–Kier alpha value is -2.67. The molecule has 0 aliphatic carbocycles. The SMILES string of the molecule is CCC(CO)Nc1ccc(C(=O)N2CCC(Oc3cccnc3)CC2)cn1. The Labute approximate surface area is 159 Å². The Kier molecular flexibility index (Phi) is 6.59. The first-order valence-electron chi connectivity index (χ1n) is 9.39. The van der Waals surface area contributed by atoms with Gasteiger partial charge in [0.25, 0.3) is 5.91 Å². The molecule has 3 heterocycles. The van der Waals surface area contributed by atoms with Crippen LogP contribution in [-0.2, 0) is 0 Å². The number of anilines is 1. The lowest BCUT2D eigenvalue weighted by atomic mass is 10.1. The second-order valence-corrected chi connectivity index (χ2v) is 6.66. The van der Waals surface area contributed by atoms with Gasteiger partial charge >= 0.3 is 0 Å². The zero-order valence-corrected chi connectivity index (χ0v) is 15.5. The molecule has 144 valence electrons. The first-order chi connectivity index (χ1) is 13.2. The van der Waals surface area contributed by atoms with Crippen molar-refractivity contribution in [3.63, 3.8) is 0 Å². The monoisotopic (exact) mass is 370 g/mol. The molecule has 1 amide bonds. The Morgan fingerprint density at radius 2 is 2.15 bits per heavy atom. The second kappa shape index (κ2) is 9.32. The minimum absolute atomic E-state index is 0.0110. The van der Waals surface area contributed by atoms with Gasteiger partial charge in [-0.2, -0.15) is 0 Å². The lowest BCUT2D eigenvalue weighted by Crippen LogP contribution is -2.41. The van der Waals surface area contributed by atoms with E-state index in [2.05, 4.69) is 15.3 Å². The molecule has 0 saturated carbocycles. The summed E-state index contributed by atoms with van der Waals surface area (Å²) in [6, 6.07) is 7.27. The van der Waals surface area contributed by atoms with Gasteiger partial charge in [0.1, 0.15) is 17.7 Å². The van der Waals surface area contributed by atoms with Crippen molar-refractivity contribution in [3.05, 3.63) is 48.4 Å². The molecule has 3 rings (SSSR count). The van der Waals surface area contributed by atoms with E-state index < -0.39 is 0 Å². The van der Waals surface area contributed by atoms with E-state index in [1.807, 2.05) is 24.0 Å². The highest BCUT2D eigenvalue weighted by Gasteiger charge is 2.25. The maximum atomic E-state index is 12.7. The lowest BCUT2D eigenvalue weighted by Gasteiger charge is -2.32. The van der Waals surface area contributed by atoms with Gasteiger partial charge in [-0.05, 0) is 30.7 Å². The zero-order valence-electron chi connectivity index (χ0n) is 15.5. The minimum atomic E-state index is -0.0297. The molecule has 0 spiro atoms. The first-order valence-corrected chi connectivity index (χ1v) is 9.39. The van der Waals surface area contributed by atoms with Gasteiger partial charge in [0.2, 0.25) is 0 Å². The van der Waals surface area contributed by atoms with E-state index in [1.165, 1.54) is 0 Å². The van der Waals surface area contributed by atoms with Crippen molar-refractivity contribution in [1.29, 1.82) is 0 Å². The molecule has 1 fully saturated rings. The summed E-state index contributed by atoms with van der Waals surface area (Å²) in [4.78, 5) is 22.9. The topological polar surface area (TPSA) is 87.6 Å². The summed E-state index contributed by atoms with van der Waals surface area (Å²) in [6.07, 6.45) is 7.51. The van der Waals surface area contributed by atoms with Gasteiger partial charge in [-0.3, -0.25) is 9.78 Å². The van der Waals surface area contributed by atoms with Crippen molar-refractivity contribution in [2.75, 3.05) is 25.0 Å². The minimum Gasteiger partial charge on any atom is -0.489 e. The highest BCUT2D eigenvalue weighted by molar-refractivity contribution is 5.94. The van der Waals surface area contributed by atoms with Crippen LogP contribution < -0.4 is 10.1 Å². The first kappa shape index (κ1) is 19.1. The summed E-state index contributed by atoms with van der Waals surface area (Å²) in [5, 5.41) is 12.4. The number of carbonyl (C=O) groups excluding carboxylic acids is 1. The third-order valence-electron chi connectivity index (χ3n) is 4.74. The van der Waals surface area contributed by atoms with Crippen molar-refractivity contribution in [2.24, 2.45) is 0 Å². The third-order valence-corrected chi connectivity index (χ3v) is 4.74. The molecule has 1 atom stereocenters. The Morgan fingerprint density at radius 3 is 2.74 bits per heavy atom. The molecule has 2 aromatic heterocycles. The molecule has 0 bridgehead atoms. The van der Waals surface area contributed by atoms with E-state index in [-0.39, 0.29) is 24.7 Å². The predicted octanol–water partition coefficient (Wildman–Crippen LogP) is 2.34. The predicted molar refractivity (Wildman–Crippen MR) is 103 cm³/mol. The smallest absolute Gasteiger partial charge is 0.255 e. The molecule has 2 aromatic rings. The molecular weight excluding hydrogens is 344 g/mol. The van der Waals surface area contributed by atoms with Gasteiger partial charge in [0.05, 0.1) is 24.4 Å². The van der Waals surface area contributed by atoms with Gasteiger partial charge in [0.15, 0.2) is 0 Å². The number of hydrogen-bond donors (Lipinski definition) is 2. The number of aliphatic hydroxyl groups excluding tert-OH is 1. The molecule has 0 aromatic carbocycles. The number of carbonyl (C=O) groups is 1. The zero-order chi connectivity index (χ0) is 19.1. The summed E-state index contributed by atoms with van der Waals surface area (Å²) in [7, 11) is 0. The van der Waals surface area contributed by atoms with E-state index in [1.54, 1.807) is 30.7 Å². The Balaban J connectivity index is 1.51. The molecular formula is C20H26N4O3. The van der Waals surface area contributed by atoms with Crippen molar-refractivity contribution in [1.82, 2.24) is 14.9 Å². The lowest BCUT2D eigenvalue weighted by molar-refractivity contribution is 0.0594. The molecule has 7 heteroatoms. The van der Waals surface area contributed by atoms with Gasteiger partial charge in [-0.1, -0.05) is 6.92 Å².